The maximum atomic E-state index is 11.7. The molecule has 0 fully saturated rings. The van der Waals surface area contributed by atoms with Crippen molar-refractivity contribution in [2.75, 3.05) is 7.11 Å². The molecule has 110 valence electrons. The Morgan fingerprint density at radius 3 is 2.38 bits per heavy atom. The quantitative estimate of drug-likeness (QED) is 0.721. The average Bonchev–Trinajstić information content (AvgIpc) is 2.55. The van der Waals surface area contributed by atoms with E-state index in [9.17, 15) is 4.79 Å². The zero-order valence-corrected chi connectivity index (χ0v) is 12.5. The number of carbonyl (C=O) groups is 1. The van der Waals surface area contributed by atoms with Crippen LogP contribution in [0.5, 0.6) is 5.75 Å². The number of rotatable bonds is 7. The van der Waals surface area contributed by atoms with Gasteiger partial charge in [0, 0.05) is 12.0 Å². The summed E-state index contributed by atoms with van der Waals surface area (Å²) >= 11 is 0. The molecule has 0 saturated heterocycles. The maximum absolute atomic E-state index is 11.7. The Kier molecular flexibility index (Phi) is 5.52. The third-order valence-electron chi connectivity index (χ3n) is 3.27. The minimum absolute atomic E-state index is 0.159. The largest absolute Gasteiger partial charge is 0.497 e. The van der Waals surface area contributed by atoms with Crippen molar-refractivity contribution in [2.45, 2.75) is 26.6 Å². The number of methoxy groups -OCH3 is 1. The van der Waals surface area contributed by atoms with E-state index in [1.165, 1.54) is 0 Å². The van der Waals surface area contributed by atoms with Gasteiger partial charge in [0.25, 0.3) is 0 Å². The maximum Gasteiger partial charge on any atom is 0.162 e. The number of ketones is 1. The molecule has 0 unspecified atom stereocenters. The fourth-order valence-electron chi connectivity index (χ4n) is 2.05. The highest BCUT2D eigenvalue weighted by Gasteiger charge is 2.04. The number of hydrogen-bond acceptors (Lipinski definition) is 3. The van der Waals surface area contributed by atoms with E-state index in [4.69, 9.17) is 9.47 Å². The van der Waals surface area contributed by atoms with E-state index in [1.807, 2.05) is 55.5 Å². The van der Waals surface area contributed by atoms with Gasteiger partial charge in [-0.25, -0.2) is 0 Å². The van der Waals surface area contributed by atoms with Crippen LogP contribution in [0, 0.1) is 0 Å². The average molecular weight is 284 g/mol. The summed E-state index contributed by atoms with van der Waals surface area (Å²) in [6, 6.07) is 15.4. The number of carbonyl (C=O) groups excluding carboxylic acids is 1. The Morgan fingerprint density at radius 2 is 1.71 bits per heavy atom. The van der Waals surface area contributed by atoms with Gasteiger partial charge in [0.2, 0.25) is 0 Å². The van der Waals surface area contributed by atoms with Gasteiger partial charge in [0.15, 0.2) is 5.78 Å². The molecule has 3 heteroatoms. The van der Waals surface area contributed by atoms with E-state index in [2.05, 4.69) is 0 Å². The Bertz CT molecular complexity index is 588. The molecule has 0 N–H and O–H groups in total. The van der Waals surface area contributed by atoms with Crippen molar-refractivity contribution in [1.29, 1.82) is 0 Å². The summed E-state index contributed by atoms with van der Waals surface area (Å²) in [5.41, 5.74) is 2.86. The molecular weight excluding hydrogens is 264 g/mol. The second-order valence-corrected chi connectivity index (χ2v) is 4.82. The van der Waals surface area contributed by atoms with Crippen molar-refractivity contribution in [1.82, 2.24) is 0 Å². The van der Waals surface area contributed by atoms with Crippen molar-refractivity contribution >= 4 is 5.78 Å². The molecule has 0 radical (unpaired) electrons. The predicted molar refractivity (Wildman–Crippen MR) is 82.6 cm³/mol. The second-order valence-electron chi connectivity index (χ2n) is 4.82. The van der Waals surface area contributed by atoms with Crippen LogP contribution in [0.2, 0.25) is 0 Å². The van der Waals surface area contributed by atoms with Gasteiger partial charge in [-0.15, -0.1) is 0 Å². The van der Waals surface area contributed by atoms with Crippen LogP contribution in [-0.4, -0.2) is 12.9 Å². The second kappa shape index (κ2) is 7.60. The van der Waals surface area contributed by atoms with Gasteiger partial charge >= 0.3 is 0 Å². The smallest absolute Gasteiger partial charge is 0.162 e. The summed E-state index contributed by atoms with van der Waals surface area (Å²) in [5.74, 6) is 0.997. The van der Waals surface area contributed by atoms with Gasteiger partial charge in [0.05, 0.1) is 20.3 Å². The molecule has 0 heterocycles. The third-order valence-corrected chi connectivity index (χ3v) is 3.27. The van der Waals surface area contributed by atoms with Crippen molar-refractivity contribution in [2.24, 2.45) is 0 Å². The van der Waals surface area contributed by atoms with Crippen molar-refractivity contribution in [3.05, 3.63) is 65.2 Å². The summed E-state index contributed by atoms with van der Waals surface area (Å²) in [5, 5.41) is 0. The third kappa shape index (κ3) is 4.43. The molecule has 0 spiro atoms. The van der Waals surface area contributed by atoms with Crippen LogP contribution in [0.25, 0.3) is 0 Å². The van der Waals surface area contributed by atoms with E-state index in [-0.39, 0.29) is 5.78 Å². The zero-order chi connectivity index (χ0) is 15.1. The van der Waals surface area contributed by atoms with Crippen LogP contribution in [0.3, 0.4) is 0 Å². The SMILES string of the molecule is CCC(=O)c1cccc(COCc2ccc(OC)cc2)c1. The molecule has 0 bridgehead atoms. The van der Waals surface area contributed by atoms with Gasteiger partial charge in [-0.1, -0.05) is 37.3 Å². The van der Waals surface area contributed by atoms with Crippen molar-refractivity contribution in [3.8, 4) is 5.75 Å². The van der Waals surface area contributed by atoms with Gasteiger partial charge in [-0.05, 0) is 29.3 Å². The fraction of sp³-hybridized carbons (Fsp3) is 0.278. The molecule has 0 aromatic heterocycles. The highest BCUT2D eigenvalue weighted by molar-refractivity contribution is 5.95. The lowest BCUT2D eigenvalue weighted by Gasteiger charge is -2.07. The molecule has 0 aliphatic rings. The number of Topliss-reactive ketones (excluding diaryl/α,β-unsaturated/α-hetero) is 1. The van der Waals surface area contributed by atoms with E-state index >= 15 is 0 Å². The lowest BCUT2D eigenvalue weighted by atomic mass is 10.1. The van der Waals surface area contributed by atoms with Gasteiger partial charge < -0.3 is 9.47 Å². The standard InChI is InChI=1S/C18H20O3/c1-3-18(19)16-6-4-5-15(11-16)13-21-12-14-7-9-17(20-2)10-8-14/h4-11H,3,12-13H2,1-2H3. The molecular formula is C18H20O3. The van der Waals surface area contributed by atoms with Crippen LogP contribution in [0.1, 0.15) is 34.8 Å². The lowest BCUT2D eigenvalue weighted by molar-refractivity contribution is 0.0985. The molecule has 0 amide bonds. The predicted octanol–water partition coefficient (Wildman–Crippen LogP) is 4.00. The lowest BCUT2D eigenvalue weighted by Crippen LogP contribution is -1.99. The molecule has 0 atom stereocenters. The van der Waals surface area contributed by atoms with Crippen molar-refractivity contribution < 1.29 is 14.3 Å². The van der Waals surface area contributed by atoms with Crippen LogP contribution >= 0.6 is 0 Å². The number of benzene rings is 2. The van der Waals surface area contributed by atoms with Gasteiger partial charge in [-0.3, -0.25) is 4.79 Å². The normalized spacial score (nSPS) is 10.4. The van der Waals surface area contributed by atoms with E-state index in [0.29, 0.717) is 19.6 Å². The molecule has 0 aliphatic heterocycles. The summed E-state index contributed by atoms with van der Waals surface area (Å²) in [6.07, 6.45) is 0.524. The Hall–Kier alpha value is -2.13. The van der Waals surface area contributed by atoms with E-state index in [0.717, 1.165) is 22.4 Å². The van der Waals surface area contributed by atoms with Crippen LogP contribution < -0.4 is 4.74 Å². The van der Waals surface area contributed by atoms with E-state index < -0.39 is 0 Å². The number of ether oxygens (including phenoxy) is 2. The van der Waals surface area contributed by atoms with Crippen LogP contribution in [0.4, 0.5) is 0 Å². The minimum Gasteiger partial charge on any atom is -0.497 e. The molecule has 2 rings (SSSR count). The molecule has 2 aromatic carbocycles. The molecule has 21 heavy (non-hydrogen) atoms. The number of hydrogen-bond donors (Lipinski definition) is 0. The molecule has 0 aliphatic carbocycles. The molecule has 3 nitrogen and oxygen atoms in total. The van der Waals surface area contributed by atoms with Crippen LogP contribution in [0.15, 0.2) is 48.5 Å². The zero-order valence-electron chi connectivity index (χ0n) is 12.5. The first kappa shape index (κ1) is 15.3. The minimum atomic E-state index is 0.159. The highest BCUT2D eigenvalue weighted by atomic mass is 16.5. The van der Waals surface area contributed by atoms with Gasteiger partial charge in [0.1, 0.15) is 5.75 Å². The molecule has 0 saturated carbocycles. The first-order chi connectivity index (χ1) is 10.2. The highest BCUT2D eigenvalue weighted by Crippen LogP contribution is 2.13. The Labute approximate surface area is 125 Å². The van der Waals surface area contributed by atoms with E-state index in [1.54, 1.807) is 7.11 Å². The summed E-state index contributed by atoms with van der Waals surface area (Å²) in [7, 11) is 1.65. The Morgan fingerprint density at radius 1 is 1.00 bits per heavy atom. The monoisotopic (exact) mass is 284 g/mol. The topological polar surface area (TPSA) is 35.5 Å². The summed E-state index contributed by atoms with van der Waals surface area (Å²) in [4.78, 5) is 11.7. The first-order valence-corrected chi connectivity index (χ1v) is 7.05. The summed E-state index contributed by atoms with van der Waals surface area (Å²) in [6.45, 7) is 2.90. The fourth-order valence-corrected chi connectivity index (χ4v) is 2.05. The first-order valence-electron chi connectivity index (χ1n) is 7.05. The summed E-state index contributed by atoms with van der Waals surface area (Å²) < 4.78 is 10.8. The molecule has 2 aromatic rings. The Balaban J connectivity index is 1.89. The van der Waals surface area contributed by atoms with Crippen LogP contribution in [-0.2, 0) is 18.0 Å². The van der Waals surface area contributed by atoms with Gasteiger partial charge in [-0.2, -0.15) is 0 Å². The van der Waals surface area contributed by atoms with Crippen molar-refractivity contribution in [3.63, 3.8) is 0 Å².